The van der Waals surface area contributed by atoms with Crippen molar-refractivity contribution in [2.45, 2.75) is 6.04 Å². The van der Waals surface area contributed by atoms with Crippen LogP contribution in [0, 0.1) is 5.82 Å². The first-order valence-electron chi connectivity index (χ1n) is 6.87. The Morgan fingerprint density at radius 1 is 1.09 bits per heavy atom. The fourth-order valence-corrected chi connectivity index (χ4v) is 2.96. The molecule has 1 N–H and O–H groups in total. The van der Waals surface area contributed by atoms with Crippen LogP contribution in [-0.4, -0.2) is 5.91 Å². The molecule has 0 saturated heterocycles. The van der Waals surface area contributed by atoms with Gasteiger partial charge in [0.15, 0.2) is 5.43 Å². The van der Waals surface area contributed by atoms with Gasteiger partial charge in [-0.1, -0.05) is 23.7 Å². The van der Waals surface area contributed by atoms with Crippen molar-refractivity contribution in [2.24, 2.45) is 0 Å². The van der Waals surface area contributed by atoms with Crippen LogP contribution in [0.5, 0.6) is 0 Å². The van der Waals surface area contributed by atoms with Crippen LogP contribution in [0.4, 0.5) is 4.39 Å². The molecule has 0 fully saturated rings. The van der Waals surface area contributed by atoms with Crippen molar-refractivity contribution in [3.8, 4) is 0 Å². The Balaban J connectivity index is 1.99. The molecule has 1 aliphatic heterocycles. The number of amides is 1. The molecule has 114 valence electrons. The second-order valence-electron chi connectivity index (χ2n) is 5.27. The minimum Gasteiger partial charge on any atom is -0.450 e. The van der Waals surface area contributed by atoms with Gasteiger partial charge in [-0.3, -0.25) is 9.59 Å². The van der Waals surface area contributed by atoms with Crippen LogP contribution >= 0.6 is 11.6 Å². The fraction of sp³-hybridized carbons (Fsp3) is 0.0588. The molecule has 1 aliphatic rings. The first-order valence-corrected chi connectivity index (χ1v) is 7.25. The van der Waals surface area contributed by atoms with E-state index in [-0.39, 0.29) is 16.8 Å². The first-order chi connectivity index (χ1) is 11.0. The third-order valence-corrected chi connectivity index (χ3v) is 4.10. The number of hydrogen-bond donors (Lipinski definition) is 1. The molecule has 23 heavy (non-hydrogen) atoms. The van der Waals surface area contributed by atoms with E-state index in [1.165, 1.54) is 30.3 Å². The van der Waals surface area contributed by atoms with Crippen LogP contribution in [0.25, 0.3) is 11.0 Å². The summed E-state index contributed by atoms with van der Waals surface area (Å²) in [6, 6.07) is 9.58. The van der Waals surface area contributed by atoms with E-state index in [9.17, 15) is 14.0 Å². The largest absolute Gasteiger partial charge is 0.450 e. The summed E-state index contributed by atoms with van der Waals surface area (Å²) in [6.45, 7) is 0. The molecule has 1 atom stereocenters. The maximum atomic E-state index is 13.1. The van der Waals surface area contributed by atoms with Crippen molar-refractivity contribution in [3.05, 3.63) is 80.4 Å². The summed E-state index contributed by atoms with van der Waals surface area (Å²) >= 11 is 5.94. The van der Waals surface area contributed by atoms with Crippen molar-refractivity contribution in [3.63, 3.8) is 0 Å². The molecule has 0 spiro atoms. The molecule has 6 heteroatoms. The maximum absolute atomic E-state index is 13.1. The highest BCUT2D eigenvalue weighted by Crippen LogP contribution is 2.31. The van der Waals surface area contributed by atoms with Gasteiger partial charge in [0, 0.05) is 5.02 Å². The van der Waals surface area contributed by atoms with Crippen molar-refractivity contribution < 1.29 is 13.6 Å². The van der Waals surface area contributed by atoms with Crippen molar-refractivity contribution in [1.82, 2.24) is 5.32 Å². The molecule has 0 bridgehead atoms. The standard InChI is InChI=1S/C17H9ClFNO3/c18-9-3-6-12-11(7-9)15(21)13-14(20-17(22)16(13)23-12)8-1-4-10(19)5-2-8/h1-7,14H,(H,20,22)/t14-/m1/s1. The first kappa shape index (κ1) is 14.0. The maximum Gasteiger partial charge on any atom is 0.288 e. The number of benzene rings is 2. The van der Waals surface area contributed by atoms with Gasteiger partial charge in [0.1, 0.15) is 11.4 Å². The predicted octanol–water partition coefficient (Wildman–Crippen LogP) is 3.42. The number of halogens is 2. The highest BCUT2D eigenvalue weighted by atomic mass is 35.5. The van der Waals surface area contributed by atoms with E-state index in [1.54, 1.807) is 12.1 Å². The lowest BCUT2D eigenvalue weighted by Gasteiger charge is -2.11. The highest BCUT2D eigenvalue weighted by molar-refractivity contribution is 6.31. The molecular formula is C17H9ClFNO3. The molecule has 3 aromatic rings. The Bertz CT molecular complexity index is 1010. The van der Waals surface area contributed by atoms with Gasteiger partial charge in [0.25, 0.3) is 5.91 Å². The van der Waals surface area contributed by atoms with Gasteiger partial charge in [-0.15, -0.1) is 0 Å². The van der Waals surface area contributed by atoms with Crippen LogP contribution in [-0.2, 0) is 0 Å². The molecule has 1 aromatic heterocycles. The Hall–Kier alpha value is -2.66. The van der Waals surface area contributed by atoms with Crippen LogP contribution in [0.2, 0.25) is 5.02 Å². The Morgan fingerprint density at radius 2 is 1.83 bits per heavy atom. The smallest absolute Gasteiger partial charge is 0.288 e. The molecule has 2 heterocycles. The van der Waals surface area contributed by atoms with Crippen LogP contribution in [0.1, 0.15) is 27.7 Å². The van der Waals surface area contributed by atoms with Gasteiger partial charge in [0.2, 0.25) is 5.76 Å². The van der Waals surface area contributed by atoms with Crippen LogP contribution < -0.4 is 10.7 Å². The van der Waals surface area contributed by atoms with Crippen LogP contribution in [0.3, 0.4) is 0 Å². The lowest BCUT2D eigenvalue weighted by molar-refractivity contribution is 0.0938. The van der Waals surface area contributed by atoms with E-state index >= 15 is 0 Å². The second-order valence-corrected chi connectivity index (χ2v) is 5.71. The molecule has 2 aromatic carbocycles. The normalized spacial score (nSPS) is 16.4. The molecule has 4 rings (SSSR count). The summed E-state index contributed by atoms with van der Waals surface area (Å²) in [5.74, 6) is -0.877. The van der Waals surface area contributed by atoms with Crippen molar-refractivity contribution in [2.75, 3.05) is 0 Å². The monoisotopic (exact) mass is 329 g/mol. The van der Waals surface area contributed by atoms with Crippen molar-refractivity contribution >= 4 is 28.5 Å². The number of fused-ring (bicyclic) bond motifs is 2. The summed E-state index contributed by atoms with van der Waals surface area (Å²) in [5, 5.41) is 3.41. The van der Waals surface area contributed by atoms with Crippen molar-refractivity contribution in [1.29, 1.82) is 0 Å². The van der Waals surface area contributed by atoms with E-state index in [0.717, 1.165) is 0 Å². The molecule has 0 aliphatic carbocycles. The summed E-state index contributed by atoms with van der Waals surface area (Å²) in [6.07, 6.45) is 0. The van der Waals surface area contributed by atoms with E-state index < -0.39 is 17.8 Å². The average Bonchev–Trinajstić information content (AvgIpc) is 2.86. The fourth-order valence-electron chi connectivity index (χ4n) is 2.79. The topological polar surface area (TPSA) is 59.3 Å². The van der Waals surface area contributed by atoms with Gasteiger partial charge in [-0.2, -0.15) is 0 Å². The number of carbonyl (C=O) groups is 1. The van der Waals surface area contributed by atoms with E-state index in [2.05, 4.69) is 5.32 Å². The van der Waals surface area contributed by atoms with Gasteiger partial charge in [0.05, 0.1) is 17.0 Å². The second kappa shape index (κ2) is 4.93. The van der Waals surface area contributed by atoms with E-state index in [0.29, 0.717) is 21.6 Å². The van der Waals surface area contributed by atoms with Gasteiger partial charge in [-0.05, 0) is 35.9 Å². The van der Waals surface area contributed by atoms with Gasteiger partial charge >= 0.3 is 0 Å². The zero-order chi connectivity index (χ0) is 16.1. The quantitative estimate of drug-likeness (QED) is 0.744. The molecule has 1 amide bonds. The number of carbonyl (C=O) groups excluding carboxylic acids is 1. The Kier molecular flexibility index (Phi) is 2.99. The number of rotatable bonds is 1. The molecule has 0 unspecified atom stereocenters. The molecule has 4 nitrogen and oxygen atoms in total. The highest BCUT2D eigenvalue weighted by Gasteiger charge is 2.35. The minimum atomic E-state index is -0.669. The third-order valence-electron chi connectivity index (χ3n) is 3.86. The van der Waals surface area contributed by atoms with E-state index in [4.69, 9.17) is 16.0 Å². The van der Waals surface area contributed by atoms with Gasteiger partial charge < -0.3 is 9.73 Å². The number of hydrogen-bond acceptors (Lipinski definition) is 3. The lowest BCUT2D eigenvalue weighted by atomic mass is 9.99. The summed E-state index contributed by atoms with van der Waals surface area (Å²) in [5.41, 5.74) is 0.799. The zero-order valence-electron chi connectivity index (χ0n) is 11.6. The lowest BCUT2D eigenvalue weighted by Crippen LogP contribution is -2.21. The van der Waals surface area contributed by atoms with Gasteiger partial charge in [-0.25, -0.2) is 4.39 Å². The summed E-state index contributed by atoms with van der Waals surface area (Å²) < 4.78 is 18.7. The van der Waals surface area contributed by atoms with Crippen LogP contribution in [0.15, 0.2) is 51.7 Å². The average molecular weight is 330 g/mol. The Morgan fingerprint density at radius 3 is 2.57 bits per heavy atom. The summed E-state index contributed by atoms with van der Waals surface area (Å²) in [7, 11) is 0. The third kappa shape index (κ3) is 2.12. The number of nitrogens with one attached hydrogen (secondary N) is 1. The predicted molar refractivity (Wildman–Crippen MR) is 83.2 cm³/mol. The molecule has 0 saturated carbocycles. The summed E-state index contributed by atoms with van der Waals surface area (Å²) in [4.78, 5) is 24.9. The van der Waals surface area contributed by atoms with E-state index in [1.807, 2.05) is 0 Å². The zero-order valence-corrected chi connectivity index (χ0v) is 12.4. The Labute approximate surface area is 134 Å². The minimum absolute atomic E-state index is 0.0147. The molecule has 0 radical (unpaired) electrons. The SMILES string of the molecule is O=C1N[C@H](c2ccc(F)cc2)c2c1oc1ccc(Cl)cc1c2=O. The molecular weight excluding hydrogens is 321 g/mol.